The highest BCUT2D eigenvalue weighted by molar-refractivity contribution is 5.68. The number of aromatic amines is 1. The molecule has 0 radical (unpaired) electrons. The minimum Gasteiger partial charge on any atom is -0.444 e. The van der Waals surface area contributed by atoms with Crippen molar-refractivity contribution in [3.05, 3.63) is 17.5 Å². The third kappa shape index (κ3) is 4.62. The van der Waals surface area contributed by atoms with Crippen molar-refractivity contribution in [3.8, 4) is 0 Å². The van der Waals surface area contributed by atoms with Gasteiger partial charge in [-0.2, -0.15) is 18.3 Å². The molecule has 1 aliphatic rings. The molecule has 1 fully saturated rings. The van der Waals surface area contributed by atoms with Crippen molar-refractivity contribution in [1.29, 1.82) is 0 Å². The van der Waals surface area contributed by atoms with E-state index in [1.165, 1.54) is 6.20 Å². The summed E-state index contributed by atoms with van der Waals surface area (Å²) in [5.74, 6) is 0.110. The summed E-state index contributed by atoms with van der Waals surface area (Å²) in [5, 5.41) is 8.54. The van der Waals surface area contributed by atoms with Gasteiger partial charge in [-0.3, -0.25) is 5.10 Å². The van der Waals surface area contributed by atoms with Crippen LogP contribution >= 0.6 is 0 Å². The second-order valence-corrected chi connectivity index (χ2v) is 7.12. The van der Waals surface area contributed by atoms with Crippen molar-refractivity contribution in [2.45, 2.75) is 52.1 Å². The lowest BCUT2D eigenvalue weighted by Crippen LogP contribution is -2.38. The predicted octanol–water partition coefficient (Wildman–Crippen LogP) is 2.77. The Hall–Kier alpha value is -1.77. The number of ether oxygens (including phenoxy) is 1. The number of halogens is 3. The first-order valence-electron chi connectivity index (χ1n) is 7.78. The van der Waals surface area contributed by atoms with Crippen molar-refractivity contribution < 1.29 is 22.7 Å². The van der Waals surface area contributed by atoms with Gasteiger partial charge in [-0.15, -0.1) is 0 Å². The quantitative estimate of drug-likeness (QED) is 0.881. The van der Waals surface area contributed by atoms with Gasteiger partial charge in [-0.1, -0.05) is 6.92 Å². The number of amides is 1. The Kier molecular flexibility index (Phi) is 5.12. The number of carbonyl (C=O) groups is 1. The van der Waals surface area contributed by atoms with E-state index in [2.05, 4.69) is 10.4 Å². The number of nitrogens with zero attached hydrogens (tertiary/aromatic N) is 2. The third-order valence-corrected chi connectivity index (χ3v) is 3.82. The number of carbonyl (C=O) groups excluding carboxylic acids is 1. The fourth-order valence-corrected chi connectivity index (χ4v) is 2.64. The lowest BCUT2D eigenvalue weighted by atomic mass is 10.1. The Bertz CT molecular complexity index is 580. The maximum absolute atomic E-state index is 12.8. The van der Waals surface area contributed by atoms with E-state index in [1.807, 2.05) is 12.0 Å². The van der Waals surface area contributed by atoms with Gasteiger partial charge in [0.05, 0.1) is 6.20 Å². The molecule has 1 aliphatic heterocycles. The van der Waals surface area contributed by atoms with Gasteiger partial charge < -0.3 is 15.0 Å². The van der Waals surface area contributed by atoms with Crippen molar-refractivity contribution in [2.75, 3.05) is 13.1 Å². The second-order valence-electron chi connectivity index (χ2n) is 7.12. The molecule has 136 valence electrons. The Balaban J connectivity index is 1.93. The number of hydrogen-bond acceptors (Lipinski definition) is 4. The molecule has 1 aromatic rings. The van der Waals surface area contributed by atoms with Crippen LogP contribution in [0.2, 0.25) is 0 Å². The number of rotatable bonds is 3. The fourth-order valence-electron chi connectivity index (χ4n) is 2.64. The van der Waals surface area contributed by atoms with Crippen LogP contribution in [0.4, 0.5) is 18.0 Å². The molecule has 0 bridgehead atoms. The summed E-state index contributed by atoms with van der Waals surface area (Å²) in [6.45, 7) is 8.25. The zero-order valence-corrected chi connectivity index (χ0v) is 14.2. The molecule has 0 aliphatic carbocycles. The second kappa shape index (κ2) is 6.62. The van der Waals surface area contributed by atoms with E-state index < -0.39 is 23.6 Å². The van der Waals surface area contributed by atoms with Crippen LogP contribution in [0, 0.1) is 5.92 Å². The summed E-state index contributed by atoms with van der Waals surface area (Å²) in [6, 6.07) is -0.103. The molecule has 2 atom stereocenters. The van der Waals surface area contributed by atoms with Crippen LogP contribution in [-0.4, -0.2) is 45.9 Å². The number of likely N-dealkylation sites (tertiary alicyclic amines) is 1. The number of hydrogen-bond donors (Lipinski definition) is 2. The van der Waals surface area contributed by atoms with Gasteiger partial charge in [0.25, 0.3) is 0 Å². The van der Waals surface area contributed by atoms with Crippen molar-refractivity contribution >= 4 is 6.09 Å². The van der Waals surface area contributed by atoms with E-state index in [1.54, 1.807) is 25.7 Å². The Morgan fingerprint density at radius 3 is 2.67 bits per heavy atom. The Morgan fingerprint density at radius 2 is 2.08 bits per heavy atom. The molecule has 2 N–H and O–H groups in total. The van der Waals surface area contributed by atoms with Gasteiger partial charge in [0.1, 0.15) is 11.3 Å². The maximum atomic E-state index is 12.8. The van der Waals surface area contributed by atoms with Crippen LogP contribution < -0.4 is 5.32 Å². The van der Waals surface area contributed by atoms with Gasteiger partial charge >= 0.3 is 12.3 Å². The Morgan fingerprint density at radius 1 is 1.42 bits per heavy atom. The zero-order valence-electron chi connectivity index (χ0n) is 14.2. The first-order valence-corrected chi connectivity index (χ1v) is 7.78. The summed E-state index contributed by atoms with van der Waals surface area (Å²) >= 11 is 0. The summed E-state index contributed by atoms with van der Waals surface area (Å²) in [7, 11) is 0. The smallest absolute Gasteiger partial charge is 0.433 e. The molecule has 1 saturated heterocycles. The molecule has 1 amide bonds. The van der Waals surface area contributed by atoms with Crippen LogP contribution in [-0.2, 0) is 17.5 Å². The fraction of sp³-hybridized carbons (Fsp3) is 0.733. The van der Waals surface area contributed by atoms with Gasteiger partial charge in [-0.05, 0) is 26.7 Å². The van der Waals surface area contributed by atoms with E-state index in [0.717, 1.165) is 0 Å². The Labute approximate surface area is 138 Å². The molecule has 24 heavy (non-hydrogen) atoms. The van der Waals surface area contributed by atoms with Crippen molar-refractivity contribution in [3.63, 3.8) is 0 Å². The van der Waals surface area contributed by atoms with E-state index in [0.29, 0.717) is 13.1 Å². The summed E-state index contributed by atoms with van der Waals surface area (Å²) < 4.78 is 43.8. The topological polar surface area (TPSA) is 70.2 Å². The molecule has 2 heterocycles. The van der Waals surface area contributed by atoms with Crippen LogP contribution in [0.25, 0.3) is 0 Å². The average Bonchev–Trinajstić information content (AvgIpc) is 3.00. The normalized spacial score (nSPS) is 22.0. The number of H-pyrrole nitrogens is 1. The minimum absolute atomic E-state index is 0.0303. The molecule has 9 heteroatoms. The largest absolute Gasteiger partial charge is 0.444 e. The number of aromatic nitrogens is 2. The van der Waals surface area contributed by atoms with E-state index in [4.69, 9.17) is 4.74 Å². The highest BCUT2D eigenvalue weighted by Gasteiger charge is 2.37. The molecule has 2 rings (SSSR count). The summed E-state index contributed by atoms with van der Waals surface area (Å²) in [6.07, 6.45) is -3.70. The predicted molar refractivity (Wildman–Crippen MR) is 81.2 cm³/mol. The summed E-state index contributed by atoms with van der Waals surface area (Å²) in [4.78, 5) is 13.7. The molecular weight excluding hydrogens is 325 g/mol. The average molecular weight is 348 g/mol. The first kappa shape index (κ1) is 18.6. The van der Waals surface area contributed by atoms with Crippen LogP contribution in [0.15, 0.2) is 6.20 Å². The molecule has 6 nitrogen and oxygen atoms in total. The van der Waals surface area contributed by atoms with Crippen molar-refractivity contribution in [2.24, 2.45) is 5.92 Å². The van der Waals surface area contributed by atoms with E-state index >= 15 is 0 Å². The van der Waals surface area contributed by atoms with Crippen LogP contribution in [0.1, 0.15) is 39.0 Å². The summed E-state index contributed by atoms with van der Waals surface area (Å²) in [5.41, 5.74) is -1.36. The van der Waals surface area contributed by atoms with E-state index in [-0.39, 0.29) is 24.1 Å². The zero-order chi connectivity index (χ0) is 18.1. The lowest BCUT2D eigenvalue weighted by Gasteiger charge is -2.24. The van der Waals surface area contributed by atoms with Gasteiger partial charge in [0, 0.05) is 31.2 Å². The third-order valence-electron chi connectivity index (χ3n) is 3.82. The first-order chi connectivity index (χ1) is 11.0. The maximum Gasteiger partial charge on any atom is 0.433 e. The molecule has 0 saturated carbocycles. The van der Waals surface area contributed by atoms with Gasteiger partial charge in [0.15, 0.2) is 0 Å². The van der Waals surface area contributed by atoms with E-state index in [9.17, 15) is 18.0 Å². The van der Waals surface area contributed by atoms with Crippen LogP contribution in [0.5, 0.6) is 0 Å². The minimum atomic E-state index is -4.46. The van der Waals surface area contributed by atoms with Gasteiger partial charge in [0.2, 0.25) is 0 Å². The van der Waals surface area contributed by atoms with Crippen LogP contribution in [0.3, 0.4) is 0 Å². The molecule has 1 aromatic heterocycles. The van der Waals surface area contributed by atoms with Gasteiger partial charge in [-0.25, -0.2) is 4.79 Å². The van der Waals surface area contributed by atoms with Crippen molar-refractivity contribution in [1.82, 2.24) is 20.4 Å². The number of nitrogens with one attached hydrogen (secondary N) is 2. The molecule has 0 spiro atoms. The standard InChI is InChI=1S/C15H23F3N4O2/c1-9-7-22(13(23)24-14(2,3)4)8-11(9)19-5-10-6-20-21-12(10)15(16,17)18/h6,9,11,19H,5,7-8H2,1-4H3,(H,20,21)/t9-,11+/m0/s1. The SMILES string of the molecule is C[C@H]1CN(C(=O)OC(C)(C)C)C[C@H]1NCc1cn[nH]c1C(F)(F)F. The number of alkyl halides is 3. The highest BCUT2D eigenvalue weighted by Crippen LogP contribution is 2.30. The highest BCUT2D eigenvalue weighted by atomic mass is 19.4. The molecular formula is C15H23F3N4O2. The monoisotopic (exact) mass is 348 g/mol. The molecule has 0 aromatic carbocycles. The lowest BCUT2D eigenvalue weighted by molar-refractivity contribution is -0.141. The molecule has 0 unspecified atom stereocenters.